The van der Waals surface area contributed by atoms with E-state index in [1.165, 1.54) is 12.1 Å². The van der Waals surface area contributed by atoms with Gasteiger partial charge in [-0.05, 0) is 35.2 Å². The number of esters is 1. The molecule has 1 atom stereocenters. The fourth-order valence-corrected chi connectivity index (χ4v) is 4.78. The van der Waals surface area contributed by atoms with E-state index in [0.717, 1.165) is 34.0 Å². The molecule has 0 saturated heterocycles. The number of aromatic nitrogens is 1. The average Bonchev–Trinajstić information content (AvgIpc) is 3.36. The van der Waals surface area contributed by atoms with Crippen molar-refractivity contribution in [3.05, 3.63) is 111 Å². The number of halogens is 1. The molecule has 0 aliphatic carbocycles. The van der Waals surface area contributed by atoms with Crippen molar-refractivity contribution in [3.63, 3.8) is 0 Å². The molecule has 0 aliphatic rings. The molecule has 0 bridgehead atoms. The van der Waals surface area contributed by atoms with Crippen LogP contribution in [0.25, 0.3) is 21.9 Å². The average molecular weight is 559 g/mol. The molecule has 1 amide bonds. The van der Waals surface area contributed by atoms with E-state index in [1.54, 1.807) is 12.3 Å². The normalized spacial score (nSPS) is 11.8. The van der Waals surface area contributed by atoms with E-state index in [2.05, 4.69) is 10.3 Å². The van der Waals surface area contributed by atoms with Crippen LogP contribution >= 0.6 is 11.6 Å². The van der Waals surface area contributed by atoms with Gasteiger partial charge in [-0.15, -0.1) is 0 Å². The number of benzene rings is 3. The molecule has 204 valence electrons. The van der Waals surface area contributed by atoms with Crippen molar-refractivity contribution in [2.75, 3.05) is 0 Å². The summed E-state index contributed by atoms with van der Waals surface area (Å²) in [5.74, 6) is -0.741. The van der Waals surface area contributed by atoms with E-state index in [4.69, 9.17) is 25.5 Å². The summed E-state index contributed by atoms with van der Waals surface area (Å²) in [6.45, 7) is 2.04. The van der Waals surface area contributed by atoms with E-state index >= 15 is 0 Å². The van der Waals surface area contributed by atoms with E-state index < -0.39 is 23.7 Å². The lowest BCUT2D eigenvalue weighted by atomic mass is 10.0. The minimum absolute atomic E-state index is 0.0133. The molecule has 0 saturated carbocycles. The van der Waals surface area contributed by atoms with Crippen LogP contribution in [0, 0.1) is 0 Å². The number of hydrogen-bond donors (Lipinski definition) is 2. The van der Waals surface area contributed by atoms with E-state index in [0.29, 0.717) is 11.8 Å². The maximum atomic E-state index is 13.5. The fraction of sp³-hybridized carbons (Fsp3) is 0.194. The lowest BCUT2D eigenvalue weighted by Crippen LogP contribution is -2.44. The number of hydrogen-bond acceptors (Lipinski definition) is 6. The van der Waals surface area contributed by atoms with Gasteiger partial charge in [0, 0.05) is 41.0 Å². The molecule has 3 aromatic carbocycles. The molecule has 2 aromatic heterocycles. The first kappa shape index (κ1) is 27.0. The molecule has 0 aliphatic heterocycles. The first-order chi connectivity index (χ1) is 19.4. The standard InChI is InChI=1S/C31H27ClN2O6/c1-2-8-20-14-29(35)39-27-16-28(24(32)15-23(20)27)40-30(36)26(13-21-17-33-25-12-7-6-11-22(21)25)34-31(37)38-18-19-9-4-3-5-10-19/h3-7,9-12,14-17,26,33H,2,8,13,18H2,1H3,(H,34,37). The summed E-state index contributed by atoms with van der Waals surface area (Å²) in [7, 11) is 0. The van der Waals surface area contributed by atoms with Gasteiger partial charge in [0.25, 0.3) is 0 Å². The van der Waals surface area contributed by atoms with Gasteiger partial charge in [-0.2, -0.15) is 0 Å². The van der Waals surface area contributed by atoms with Crippen molar-refractivity contribution in [1.29, 1.82) is 0 Å². The topological polar surface area (TPSA) is 111 Å². The van der Waals surface area contributed by atoms with Crippen LogP contribution in [0.15, 0.2) is 88.2 Å². The first-order valence-electron chi connectivity index (χ1n) is 12.9. The maximum absolute atomic E-state index is 13.5. The number of nitrogens with one attached hydrogen (secondary N) is 2. The van der Waals surface area contributed by atoms with Gasteiger partial charge in [0.2, 0.25) is 0 Å². The molecule has 1 unspecified atom stereocenters. The van der Waals surface area contributed by atoms with Crippen LogP contribution in [0.4, 0.5) is 4.79 Å². The van der Waals surface area contributed by atoms with Gasteiger partial charge in [-0.3, -0.25) is 0 Å². The molecule has 5 aromatic rings. The van der Waals surface area contributed by atoms with Crippen LogP contribution in [-0.4, -0.2) is 23.1 Å². The van der Waals surface area contributed by atoms with E-state index in [1.807, 2.05) is 61.5 Å². The molecule has 0 spiro atoms. The molecule has 0 fully saturated rings. The number of rotatable bonds is 9. The highest BCUT2D eigenvalue weighted by Gasteiger charge is 2.26. The highest BCUT2D eigenvalue weighted by molar-refractivity contribution is 6.33. The Labute approximate surface area is 234 Å². The predicted molar refractivity (Wildman–Crippen MR) is 153 cm³/mol. The Morgan fingerprint density at radius 1 is 1.00 bits per heavy atom. The number of carbonyl (C=O) groups is 2. The zero-order valence-electron chi connectivity index (χ0n) is 21.7. The van der Waals surface area contributed by atoms with Gasteiger partial charge in [0.15, 0.2) is 5.75 Å². The second-order valence-electron chi connectivity index (χ2n) is 9.36. The molecule has 0 radical (unpaired) electrons. The molecule has 8 nitrogen and oxygen atoms in total. The maximum Gasteiger partial charge on any atom is 0.408 e. The first-order valence-corrected chi connectivity index (χ1v) is 13.3. The Hall–Kier alpha value is -4.56. The van der Waals surface area contributed by atoms with Crippen molar-refractivity contribution in [3.8, 4) is 5.75 Å². The fourth-order valence-electron chi connectivity index (χ4n) is 4.58. The zero-order valence-corrected chi connectivity index (χ0v) is 22.5. The number of para-hydroxylation sites is 1. The quantitative estimate of drug-likeness (QED) is 0.124. The molecular formula is C31H27ClN2O6. The third-order valence-electron chi connectivity index (χ3n) is 6.50. The number of aryl methyl sites for hydroxylation is 1. The van der Waals surface area contributed by atoms with Gasteiger partial charge in [0.1, 0.15) is 18.2 Å². The zero-order chi connectivity index (χ0) is 28.1. The van der Waals surface area contributed by atoms with Crippen LogP contribution in [0.2, 0.25) is 5.02 Å². The molecule has 2 heterocycles. The Morgan fingerprint density at radius 2 is 1.77 bits per heavy atom. The molecule has 40 heavy (non-hydrogen) atoms. The number of alkyl carbamates (subject to hydrolysis) is 1. The molecule has 9 heteroatoms. The SMILES string of the molecule is CCCc1cc(=O)oc2cc(OC(=O)C(Cc3c[nH]c4ccccc34)NC(=O)OCc3ccccc3)c(Cl)cc12. The predicted octanol–water partition coefficient (Wildman–Crippen LogP) is 6.32. The van der Waals surface area contributed by atoms with Crippen LogP contribution in [0.1, 0.15) is 30.0 Å². The van der Waals surface area contributed by atoms with Crippen LogP contribution < -0.4 is 15.7 Å². The highest BCUT2D eigenvalue weighted by Crippen LogP contribution is 2.32. The largest absolute Gasteiger partial charge is 0.445 e. The van der Waals surface area contributed by atoms with Gasteiger partial charge in [-0.1, -0.05) is 73.5 Å². The second-order valence-corrected chi connectivity index (χ2v) is 9.77. The molecular weight excluding hydrogens is 532 g/mol. The number of fused-ring (bicyclic) bond motifs is 2. The number of ether oxygens (including phenoxy) is 2. The second kappa shape index (κ2) is 12.1. The summed E-state index contributed by atoms with van der Waals surface area (Å²) in [6.07, 6.45) is 2.64. The summed E-state index contributed by atoms with van der Waals surface area (Å²) < 4.78 is 16.4. The molecule has 2 N–H and O–H groups in total. The van der Waals surface area contributed by atoms with Crippen LogP contribution in [0.3, 0.4) is 0 Å². The summed E-state index contributed by atoms with van der Waals surface area (Å²) in [4.78, 5) is 41.5. The van der Waals surface area contributed by atoms with Crippen molar-refractivity contribution >= 4 is 45.5 Å². The third kappa shape index (κ3) is 6.18. The summed E-state index contributed by atoms with van der Waals surface area (Å²) in [5.41, 5.74) is 3.06. The van der Waals surface area contributed by atoms with Crippen molar-refractivity contribution in [1.82, 2.24) is 10.3 Å². The summed E-state index contributed by atoms with van der Waals surface area (Å²) in [5, 5.41) is 4.39. The highest BCUT2D eigenvalue weighted by atomic mass is 35.5. The van der Waals surface area contributed by atoms with Crippen molar-refractivity contribution in [2.45, 2.75) is 38.8 Å². The van der Waals surface area contributed by atoms with Gasteiger partial charge in [-0.25, -0.2) is 14.4 Å². The van der Waals surface area contributed by atoms with Crippen LogP contribution in [0.5, 0.6) is 5.75 Å². The monoisotopic (exact) mass is 558 g/mol. The van der Waals surface area contributed by atoms with E-state index in [-0.39, 0.29) is 29.4 Å². The Bertz CT molecular complexity index is 1730. The molecule has 5 rings (SSSR count). The number of carbonyl (C=O) groups excluding carboxylic acids is 2. The number of H-pyrrole nitrogens is 1. The lowest BCUT2D eigenvalue weighted by Gasteiger charge is -2.18. The number of aromatic amines is 1. The minimum Gasteiger partial charge on any atom is -0.445 e. The van der Waals surface area contributed by atoms with Gasteiger partial charge < -0.3 is 24.2 Å². The Kier molecular flexibility index (Phi) is 8.17. The van der Waals surface area contributed by atoms with E-state index in [9.17, 15) is 14.4 Å². The Balaban J connectivity index is 1.40. The Morgan fingerprint density at radius 3 is 2.58 bits per heavy atom. The summed E-state index contributed by atoms with van der Waals surface area (Å²) >= 11 is 6.49. The van der Waals surface area contributed by atoms with Crippen molar-refractivity contribution in [2.24, 2.45) is 0 Å². The lowest BCUT2D eigenvalue weighted by molar-refractivity contribution is -0.136. The van der Waals surface area contributed by atoms with Crippen LogP contribution in [-0.2, 0) is 29.0 Å². The van der Waals surface area contributed by atoms with Gasteiger partial charge in [0.05, 0.1) is 5.02 Å². The minimum atomic E-state index is -1.10. The smallest absolute Gasteiger partial charge is 0.408 e. The van der Waals surface area contributed by atoms with Crippen molar-refractivity contribution < 1.29 is 23.5 Å². The summed E-state index contributed by atoms with van der Waals surface area (Å²) in [6, 6.07) is 20.2. The van der Waals surface area contributed by atoms with Gasteiger partial charge >= 0.3 is 17.7 Å². The number of amides is 1. The third-order valence-corrected chi connectivity index (χ3v) is 6.80.